The van der Waals surface area contributed by atoms with Gasteiger partial charge < -0.3 is 23.7 Å². The van der Waals surface area contributed by atoms with E-state index in [1.807, 2.05) is 46.8 Å². The second-order valence-electron chi connectivity index (χ2n) is 10.3. The first kappa shape index (κ1) is 25.2. The molecule has 9 heteroatoms. The van der Waals surface area contributed by atoms with Gasteiger partial charge in [-0.1, -0.05) is 19.1 Å². The number of amides is 1. The molecule has 2 aliphatic rings. The van der Waals surface area contributed by atoms with E-state index in [0.29, 0.717) is 24.3 Å². The zero-order chi connectivity index (χ0) is 25.5. The van der Waals surface area contributed by atoms with Crippen LogP contribution in [0.25, 0.3) is 0 Å². The molecule has 1 atom stereocenters. The highest BCUT2D eigenvalue weighted by atomic mass is 19.1. The number of hydrogen-bond donors (Lipinski definition) is 0. The summed E-state index contributed by atoms with van der Waals surface area (Å²) in [5.74, 6) is -0.533. The fourth-order valence-corrected chi connectivity index (χ4v) is 4.21. The summed E-state index contributed by atoms with van der Waals surface area (Å²) in [5, 5.41) is 0. The van der Waals surface area contributed by atoms with Crippen LogP contribution >= 0.6 is 0 Å². The lowest BCUT2D eigenvalue weighted by Gasteiger charge is -2.32. The Balaban J connectivity index is 1.59. The van der Waals surface area contributed by atoms with E-state index in [9.17, 15) is 14.0 Å². The summed E-state index contributed by atoms with van der Waals surface area (Å²) >= 11 is 0. The number of methoxy groups -OCH3 is 1. The molecule has 35 heavy (non-hydrogen) atoms. The Morgan fingerprint density at radius 1 is 1.14 bits per heavy atom. The van der Waals surface area contributed by atoms with Crippen molar-refractivity contribution in [3.63, 3.8) is 0 Å². The zero-order valence-electron chi connectivity index (χ0n) is 21.0. The van der Waals surface area contributed by atoms with Crippen LogP contribution in [0.15, 0.2) is 36.4 Å². The molecule has 0 saturated carbocycles. The molecular formula is C26H31BFNO6. The molecule has 2 aromatic carbocycles. The Kier molecular flexibility index (Phi) is 6.68. The number of hydrogen-bond acceptors (Lipinski definition) is 6. The fourth-order valence-electron chi connectivity index (χ4n) is 4.21. The largest absolute Gasteiger partial charge is 0.494 e. The van der Waals surface area contributed by atoms with E-state index >= 15 is 0 Å². The molecule has 0 unspecified atom stereocenters. The van der Waals surface area contributed by atoms with Crippen LogP contribution in [-0.2, 0) is 25.4 Å². The third-order valence-corrected chi connectivity index (χ3v) is 6.96. The van der Waals surface area contributed by atoms with E-state index in [-0.39, 0.29) is 29.7 Å². The SMILES string of the molecule is COC(=O)c1cc(Oc2ccc(B3OC(C)(C)C(C)(C)O3)cc2)c(CN2C[C@@H](C)CC2=O)cc1F. The van der Waals surface area contributed by atoms with Crippen LogP contribution in [0.3, 0.4) is 0 Å². The molecule has 0 aromatic heterocycles. The second kappa shape index (κ2) is 9.28. The summed E-state index contributed by atoms with van der Waals surface area (Å²) in [5.41, 5.74) is 0.158. The third kappa shape index (κ3) is 5.06. The molecule has 2 saturated heterocycles. The van der Waals surface area contributed by atoms with Crippen molar-refractivity contribution in [2.24, 2.45) is 5.92 Å². The van der Waals surface area contributed by atoms with Crippen LogP contribution in [0.4, 0.5) is 4.39 Å². The summed E-state index contributed by atoms with van der Waals surface area (Å²) < 4.78 is 37.7. The molecule has 0 radical (unpaired) electrons. The smallest absolute Gasteiger partial charge is 0.465 e. The molecule has 2 heterocycles. The standard InChI is InChI=1S/C26H31BFNO6/c1-16-11-23(30)29(14-16)15-17-12-21(28)20(24(31)32-6)13-22(17)33-19-9-7-18(8-10-19)27-34-25(2,3)26(4,5)35-27/h7-10,12-13,16H,11,14-15H2,1-6H3/t16-/m0/s1. The van der Waals surface area contributed by atoms with Gasteiger partial charge in [0.05, 0.1) is 23.9 Å². The Hall–Kier alpha value is -2.91. The molecule has 0 N–H and O–H groups in total. The van der Waals surface area contributed by atoms with Gasteiger partial charge in [-0.15, -0.1) is 0 Å². The fraction of sp³-hybridized carbons (Fsp3) is 0.462. The number of carbonyl (C=O) groups excluding carboxylic acids is 2. The van der Waals surface area contributed by atoms with Crippen molar-refractivity contribution in [1.82, 2.24) is 4.90 Å². The molecule has 0 bridgehead atoms. The Morgan fingerprint density at radius 2 is 1.77 bits per heavy atom. The van der Waals surface area contributed by atoms with E-state index in [1.165, 1.54) is 19.2 Å². The van der Waals surface area contributed by atoms with E-state index < -0.39 is 30.1 Å². The van der Waals surface area contributed by atoms with Crippen molar-refractivity contribution in [2.75, 3.05) is 13.7 Å². The minimum atomic E-state index is -0.805. The van der Waals surface area contributed by atoms with Crippen molar-refractivity contribution in [2.45, 2.75) is 58.8 Å². The van der Waals surface area contributed by atoms with Gasteiger partial charge in [0.25, 0.3) is 0 Å². The Morgan fingerprint density at radius 3 is 2.31 bits per heavy atom. The monoisotopic (exact) mass is 483 g/mol. The maximum Gasteiger partial charge on any atom is 0.494 e. The number of benzene rings is 2. The number of esters is 1. The van der Waals surface area contributed by atoms with Crippen molar-refractivity contribution >= 4 is 24.5 Å². The molecule has 0 aliphatic carbocycles. The van der Waals surface area contributed by atoms with Crippen molar-refractivity contribution < 1.29 is 32.8 Å². The first-order valence-corrected chi connectivity index (χ1v) is 11.7. The topological polar surface area (TPSA) is 74.3 Å². The lowest BCUT2D eigenvalue weighted by atomic mass is 9.79. The summed E-state index contributed by atoms with van der Waals surface area (Å²) in [6.45, 7) is 10.7. The molecule has 2 aliphatic heterocycles. The van der Waals surface area contributed by atoms with Gasteiger partial charge in [-0.3, -0.25) is 4.79 Å². The van der Waals surface area contributed by atoms with Crippen LogP contribution in [0.1, 0.15) is 57.0 Å². The highest BCUT2D eigenvalue weighted by Crippen LogP contribution is 2.37. The molecule has 1 amide bonds. The molecule has 0 spiro atoms. The number of halogens is 1. The van der Waals surface area contributed by atoms with Crippen LogP contribution in [0.2, 0.25) is 0 Å². The van der Waals surface area contributed by atoms with Crippen molar-refractivity contribution in [3.8, 4) is 11.5 Å². The first-order valence-electron chi connectivity index (χ1n) is 11.7. The van der Waals surface area contributed by atoms with Crippen LogP contribution in [0, 0.1) is 11.7 Å². The highest BCUT2D eigenvalue weighted by molar-refractivity contribution is 6.62. The predicted octanol–water partition coefficient (Wildman–Crippen LogP) is 4.07. The van der Waals surface area contributed by atoms with Gasteiger partial charge in [0.15, 0.2) is 0 Å². The van der Waals surface area contributed by atoms with E-state index in [1.54, 1.807) is 17.0 Å². The van der Waals surface area contributed by atoms with Gasteiger partial charge in [0, 0.05) is 25.1 Å². The third-order valence-electron chi connectivity index (χ3n) is 6.96. The number of carbonyl (C=O) groups is 2. The van der Waals surface area contributed by atoms with Crippen LogP contribution in [-0.4, -0.2) is 48.8 Å². The summed E-state index contributed by atoms with van der Waals surface area (Å²) in [7, 11) is 0.680. The molecular weight excluding hydrogens is 452 g/mol. The van der Waals surface area contributed by atoms with Crippen molar-refractivity contribution in [3.05, 3.63) is 53.3 Å². The van der Waals surface area contributed by atoms with Gasteiger partial charge in [-0.25, -0.2) is 9.18 Å². The number of ether oxygens (including phenoxy) is 2. The highest BCUT2D eigenvalue weighted by Gasteiger charge is 2.51. The van der Waals surface area contributed by atoms with E-state index in [2.05, 4.69) is 0 Å². The summed E-state index contributed by atoms with van der Waals surface area (Å²) in [6, 6.07) is 9.75. The lowest BCUT2D eigenvalue weighted by Crippen LogP contribution is -2.41. The minimum absolute atomic E-state index is 0.00710. The summed E-state index contributed by atoms with van der Waals surface area (Å²) in [4.78, 5) is 26.1. The maximum absolute atomic E-state index is 14.7. The van der Waals surface area contributed by atoms with Gasteiger partial charge >= 0.3 is 13.1 Å². The van der Waals surface area contributed by atoms with Gasteiger partial charge in [0.2, 0.25) is 5.91 Å². The van der Waals surface area contributed by atoms with Gasteiger partial charge in [-0.05, 0) is 63.3 Å². The predicted molar refractivity (Wildman–Crippen MR) is 129 cm³/mol. The first-order chi connectivity index (χ1) is 16.4. The van der Waals surface area contributed by atoms with Crippen LogP contribution in [0.5, 0.6) is 11.5 Å². The molecule has 186 valence electrons. The van der Waals surface area contributed by atoms with E-state index in [0.717, 1.165) is 5.46 Å². The number of nitrogens with zero attached hydrogens (tertiary/aromatic N) is 1. The number of rotatable bonds is 6. The molecule has 2 aromatic rings. The zero-order valence-corrected chi connectivity index (χ0v) is 21.0. The number of likely N-dealkylation sites (tertiary alicyclic amines) is 1. The molecule has 4 rings (SSSR count). The van der Waals surface area contributed by atoms with Gasteiger partial charge in [-0.2, -0.15) is 0 Å². The quantitative estimate of drug-likeness (QED) is 0.456. The maximum atomic E-state index is 14.7. The average Bonchev–Trinajstić information content (AvgIpc) is 3.22. The minimum Gasteiger partial charge on any atom is -0.465 e. The van der Waals surface area contributed by atoms with Crippen molar-refractivity contribution in [1.29, 1.82) is 0 Å². The molecule has 2 fully saturated rings. The van der Waals surface area contributed by atoms with E-state index in [4.69, 9.17) is 18.8 Å². The normalized spacial score (nSPS) is 20.9. The Labute approximate surface area is 205 Å². The summed E-state index contributed by atoms with van der Waals surface area (Å²) in [6.07, 6.45) is 0.458. The molecule has 7 nitrogen and oxygen atoms in total. The average molecular weight is 483 g/mol. The Bertz CT molecular complexity index is 1120. The van der Waals surface area contributed by atoms with Crippen LogP contribution < -0.4 is 10.2 Å². The van der Waals surface area contributed by atoms with Gasteiger partial charge in [0.1, 0.15) is 17.3 Å². The lowest BCUT2D eigenvalue weighted by molar-refractivity contribution is -0.128. The second-order valence-corrected chi connectivity index (χ2v) is 10.3.